The summed E-state index contributed by atoms with van der Waals surface area (Å²) in [6.07, 6.45) is 0. The van der Waals surface area contributed by atoms with E-state index in [2.05, 4.69) is 52.8 Å². The van der Waals surface area contributed by atoms with Crippen molar-refractivity contribution in [2.75, 3.05) is 6.61 Å². The zero-order chi connectivity index (χ0) is 21.6. The molecule has 0 aliphatic carbocycles. The van der Waals surface area contributed by atoms with E-state index in [-0.39, 0.29) is 11.5 Å². The molecule has 0 saturated carbocycles. The first-order valence-electron chi connectivity index (χ1n) is 9.31. The fraction of sp³-hybridized carbons (Fsp3) is 0.409. The monoisotopic (exact) mass is 478 g/mol. The van der Waals surface area contributed by atoms with Crippen LogP contribution in [0.4, 0.5) is 5.69 Å². The minimum absolute atomic E-state index is 0.0824. The van der Waals surface area contributed by atoms with E-state index in [9.17, 15) is 0 Å². The molecule has 29 heavy (non-hydrogen) atoms. The fourth-order valence-electron chi connectivity index (χ4n) is 2.92. The SMILES string of the molecule is CC(=Nc1c(C)cccc1C)c1cccc(C2=N[C@@H](C(C)(C)C)CO2)n1.[Cl][Co][Cl]. The summed E-state index contributed by atoms with van der Waals surface area (Å²) in [7, 11) is 9.47. The Hall–Kier alpha value is -1.40. The van der Waals surface area contributed by atoms with Crippen molar-refractivity contribution in [3.8, 4) is 0 Å². The van der Waals surface area contributed by atoms with Gasteiger partial charge in [0.05, 0.1) is 23.1 Å². The van der Waals surface area contributed by atoms with E-state index in [4.69, 9.17) is 40.0 Å². The summed E-state index contributed by atoms with van der Waals surface area (Å²) in [6.45, 7) is 13.3. The van der Waals surface area contributed by atoms with Crippen LogP contribution < -0.4 is 0 Å². The van der Waals surface area contributed by atoms with Crippen LogP contribution in [0.25, 0.3) is 0 Å². The number of para-hydroxylation sites is 1. The zero-order valence-electron chi connectivity index (χ0n) is 17.6. The molecule has 1 aromatic carbocycles. The number of pyridine rings is 1. The molecule has 0 amide bonds. The molecule has 2 aromatic rings. The summed E-state index contributed by atoms with van der Waals surface area (Å²) in [5.41, 5.74) is 5.92. The Kier molecular flexibility index (Phi) is 8.70. The molecular formula is C22H27Cl2CoN3O. The van der Waals surface area contributed by atoms with Crippen LogP contribution in [0.1, 0.15) is 50.2 Å². The third-order valence-electron chi connectivity index (χ3n) is 4.71. The van der Waals surface area contributed by atoms with Crippen molar-refractivity contribution in [1.82, 2.24) is 4.98 Å². The fourth-order valence-corrected chi connectivity index (χ4v) is 2.92. The zero-order valence-corrected chi connectivity index (χ0v) is 20.1. The summed E-state index contributed by atoms with van der Waals surface area (Å²) in [5, 5.41) is 0. The number of ether oxygens (including phenoxy) is 1. The van der Waals surface area contributed by atoms with Gasteiger partial charge in [-0.25, -0.2) is 9.98 Å². The summed E-state index contributed by atoms with van der Waals surface area (Å²) in [4.78, 5) is 14.3. The molecule has 0 bridgehead atoms. The summed E-state index contributed by atoms with van der Waals surface area (Å²) in [5.74, 6) is 0.631. The van der Waals surface area contributed by atoms with Crippen LogP contribution in [0.2, 0.25) is 0 Å². The van der Waals surface area contributed by atoms with E-state index >= 15 is 0 Å². The third-order valence-corrected chi connectivity index (χ3v) is 4.71. The van der Waals surface area contributed by atoms with Gasteiger partial charge in [0, 0.05) is 0 Å². The number of aromatic nitrogens is 1. The number of benzene rings is 1. The first-order valence-corrected chi connectivity index (χ1v) is 12.2. The van der Waals surface area contributed by atoms with Gasteiger partial charge in [0.25, 0.3) is 0 Å². The van der Waals surface area contributed by atoms with Gasteiger partial charge in [-0.15, -0.1) is 0 Å². The first-order chi connectivity index (χ1) is 13.7. The van der Waals surface area contributed by atoms with Gasteiger partial charge in [-0.05, 0) is 49.4 Å². The standard InChI is InChI=1S/C22H27N3O.2ClH.Co/c1-14-9-7-10-15(2)20(14)23-16(3)17-11-8-12-18(24-17)21-25-19(13-26-21)22(4,5)6;;;/h7-12,19H,13H2,1-6H3;2*1H;/q;;;+2/p-2/t19-;;;/m1.../s1. The summed E-state index contributed by atoms with van der Waals surface area (Å²) < 4.78 is 5.82. The van der Waals surface area contributed by atoms with Crippen LogP contribution in [-0.4, -0.2) is 29.2 Å². The number of aliphatic imine (C=N–C) groups is 2. The molecule has 1 aliphatic heterocycles. The van der Waals surface area contributed by atoms with Crippen LogP contribution in [0.3, 0.4) is 0 Å². The average molecular weight is 479 g/mol. The van der Waals surface area contributed by atoms with E-state index in [1.165, 1.54) is 0 Å². The van der Waals surface area contributed by atoms with Gasteiger partial charge >= 0.3 is 33.2 Å². The molecule has 1 atom stereocenters. The van der Waals surface area contributed by atoms with Crippen molar-refractivity contribution in [2.24, 2.45) is 15.4 Å². The summed E-state index contributed by atoms with van der Waals surface area (Å²) >= 11 is 0.382. The molecule has 0 saturated heterocycles. The molecule has 0 spiro atoms. The van der Waals surface area contributed by atoms with Crippen LogP contribution in [0.5, 0.6) is 0 Å². The number of rotatable bonds is 3. The second kappa shape index (κ2) is 10.6. The Morgan fingerprint density at radius 1 is 1.10 bits per heavy atom. The Morgan fingerprint density at radius 2 is 1.69 bits per heavy atom. The maximum atomic E-state index is 5.82. The number of halogens is 2. The quantitative estimate of drug-likeness (QED) is 0.478. The van der Waals surface area contributed by atoms with Crippen molar-refractivity contribution in [3.05, 3.63) is 58.9 Å². The molecule has 0 unspecified atom stereocenters. The Labute approximate surface area is 188 Å². The normalized spacial score (nSPS) is 16.8. The van der Waals surface area contributed by atoms with Gasteiger partial charge < -0.3 is 4.74 Å². The van der Waals surface area contributed by atoms with Crippen molar-refractivity contribution < 1.29 is 17.6 Å². The van der Waals surface area contributed by atoms with Crippen LogP contribution in [0, 0.1) is 19.3 Å². The second-order valence-corrected chi connectivity index (χ2v) is 9.74. The second-order valence-electron chi connectivity index (χ2n) is 8.02. The molecule has 0 radical (unpaired) electrons. The van der Waals surface area contributed by atoms with Gasteiger partial charge in [-0.2, -0.15) is 0 Å². The van der Waals surface area contributed by atoms with E-state index in [1.54, 1.807) is 0 Å². The summed E-state index contributed by atoms with van der Waals surface area (Å²) in [6, 6.07) is 12.3. The average Bonchev–Trinajstić information content (AvgIpc) is 3.16. The Balaban J connectivity index is 0.000000941. The van der Waals surface area contributed by atoms with Crippen LogP contribution >= 0.6 is 20.3 Å². The predicted octanol–water partition coefficient (Wildman–Crippen LogP) is 6.41. The maximum absolute atomic E-state index is 5.82. The Bertz CT molecular complexity index is 887. The molecule has 3 rings (SSSR count). The predicted molar refractivity (Wildman–Crippen MR) is 119 cm³/mol. The van der Waals surface area contributed by atoms with E-state index < -0.39 is 0 Å². The first kappa shape index (κ1) is 23.9. The number of hydrogen-bond donors (Lipinski definition) is 0. The molecule has 0 fully saturated rings. The molecule has 1 aliphatic rings. The van der Waals surface area contributed by atoms with E-state index in [0.717, 1.165) is 33.9 Å². The minimum atomic E-state index is 0.0824. The Morgan fingerprint density at radius 3 is 2.24 bits per heavy atom. The van der Waals surface area contributed by atoms with Crippen molar-refractivity contribution in [1.29, 1.82) is 0 Å². The molecule has 2 heterocycles. The molecule has 1 aromatic heterocycles. The van der Waals surface area contributed by atoms with Gasteiger partial charge in [-0.3, -0.25) is 4.99 Å². The third kappa shape index (κ3) is 6.54. The van der Waals surface area contributed by atoms with Gasteiger partial charge in [0.15, 0.2) is 0 Å². The number of nitrogens with zero attached hydrogens (tertiary/aromatic N) is 3. The number of aryl methyl sites for hydroxylation is 2. The molecular weight excluding hydrogens is 452 g/mol. The molecule has 0 N–H and O–H groups in total. The molecule has 7 heteroatoms. The van der Waals surface area contributed by atoms with Gasteiger partial charge in [0.1, 0.15) is 12.3 Å². The number of hydrogen-bond acceptors (Lipinski definition) is 4. The van der Waals surface area contributed by atoms with E-state index in [1.807, 2.05) is 25.1 Å². The van der Waals surface area contributed by atoms with Gasteiger partial charge in [0.2, 0.25) is 5.90 Å². The van der Waals surface area contributed by atoms with Crippen LogP contribution in [-0.2, 0) is 17.6 Å². The molecule has 4 nitrogen and oxygen atoms in total. The van der Waals surface area contributed by atoms with Crippen molar-refractivity contribution in [2.45, 2.75) is 47.6 Å². The van der Waals surface area contributed by atoms with Gasteiger partial charge in [-0.1, -0.05) is 45.0 Å². The van der Waals surface area contributed by atoms with Crippen molar-refractivity contribution >= 4 is 37.6 Å². The molecule has 159 valence electrons. The van der Waals surface area contributed by atoms with Crippen molar-refractivity contribution in [3.63, 3.8) is 0 Å². The van der Waals surface area contributed by atoms with Crippen LogP contribution in [0.15, 0.2) is 46.4 Å². The topological polar surface area (TPSA) is 46.8 Å². The van der Waals surface area contributed by atoms with E-state index in [0.29, 0.717) is 25.4 Å².